The van der Waals surface area contributed by atoms with Crippen LogP contribution in [-0.4, -0.2) is 25.5 Å². The van der Waals surface area contributed by atoms with Gasteiger partial charge in [-0.1, -0.05) is 57.2 Å². The number of allylic oxidation sites excluding steroid dienone is 1. The molecule has 0 aliphatic rings. The smallest absolute Gasteiger partial charge is 0.343 e. The molecule has 188 valence electrons. The Morgan fingerprint density at radius 1 is 0.750 bits per heavy atom. The van der Waals surface area contributed by atoms with Gasteiger partial charge in [0.15, 0.2) is 5.78 Å². The predicted octanol–water partition coefficient (Wildman–Crippen LogP) is 7.55. The third-order valence-corrected chi connectivity index (χ3v) is 5.73. The zero-order valence-corrected chi connectivity index (χ0v) is 21.1. The quantitative estimate of drug-likeness (QED) is 0.0774. The van der Waals surface area contributed by atoms with Gasteiger partial charge in [0.05, 0.1) is 19.3 Å². The Morgan fingerprint density at radius 3 is 2.14 bits per heavy atom. The van der Waals surface area contributed by atoms with Crippen molar-refractivity contribution in [3.05, 3.63) is 95.6 Å². The Labute approximate surface area is 213 Å². The topological polar surface area (TPSA) is 61.8 Å². The normalized spacial score (nSPS) is 10.8. The van der Waals surface area contributed by atoms with Crippen molar-refractivity contribution in [1.29, 1.82) is 0 Å². The zero-order valence-electron chi connectivity index (χ0n) is 21.1. The summed E-state index contributed by atoms with van der Waals surface area (Å²) in [6.45, 7) is 2.89. The molecule has 3 aromatic rings. The number of esters is 1. The van der Waals surface area contributed by atoms with Crippen LogP contribution in [0.5, 0.6) is 17.2 Å². The lowest BCUT2D eigenvalue weighted by Gasteiger charge is -2.08. The summed E-state index contributed by atoms with van der Waals surface area (Å²) in [5.41, 5.74) is 1.76. The van der Waals surface area contributed by atoms with Crippen molar-refractivity contribution in [2.24, 2.45) is 0 Å². The van der Waals surface area contributed by atoms with E-state index in [0.29, 0.717) is 29.2 Å². The molecule has 0 aliphatic heterocycles. The number of hydrogen-bond acceptors (Lipinski definition) is 5. The second-order valence-electron chi connectivity index (χ2n) is 8.53. The fraction of sp³-hybridized carbons (Fsp3) is 0.290. The monoisotopic (exact) mass is 486 g/mol. The van der Waals surface area contributed by atoms with Gasteiger partial charge < -0.3 is 14.2 Å². The van der Waals surface area contributed by atoms with E-state index in [-0.39, 0.29) is 5.78 Å². The number of rotatable bonds is 14. The van der Waals surface area contributed by atoms with Crippen LogP contribution in [-0.2, 0) is 0 Å². The molecule has 0 fully saturated rings. The Kier molecular flexibility index (Phi) is 10.8. The highest BCUT2D eigenvalue weighted by Gasteiger charge is 2.09. The maximum Gasteiger partial charge on any atom is 0.343 e. The van der Waals surface area contributed by atoms with Crippen molar-refractivity contribution in [1.82, 2.24) is 0 Å². The largest absolute Gasteiger partial charge is 0.497 e. The summed E-state index contributed by atoms with van der Waals surface area (Å²) in [6, 6.07) is 21.0. The minimum Gasteiger partial charge on any atom is -0.497 e. The van der Waals surface area contributed by atoms with Crippen molar-refractivity contribution in [2.75, 3.05) is 13.7 Å². The molecule has 3 rings (SSSR count). The maximum atomic E-state index is 12.6. The Bertz CT molecular complexity index is 1130. The van der Waals surface area contributed by atoms with Gasteiger partial charge in [-0.3, -0.25) is 4.79 Å². The fourth-order valence-corrected chi connectivity index (χ4v) is 3.63. The van der Waals surface area contributed by atoms with Gasteiger partial charge >= 0.3 is 5.97 Å². The van der Waals surface area contributed by atoms with Gasteiger partial charge in [-0.05, 0) is 78.7 Å². The van der Waals surface area contributed by atoms with E-state index in [1.165, 1.54) is 38.2 Å². The van der Waals surface area contributed by atoms with Crippen LogP contribution in [0.25, 0.3) is 6.08 Å². The number of carbonyl (C=O) groups is 2. The maximum absolute atomic E-state index is 12.6. The van der Waals surface area contributed by atoms with Crippen molar-refractivity contribution < 1.29 is 23.8 Å². The van der Waals surface area contributed by atoms with Crippen LogP contribution in [0.3, 0.4) is 0 Å². The molecule has 36 heavy (non-hydrogen) atoms. The van der Waals surface area contributed by atoms with Crippen molar-refractivity contribution in [2.45, 2.75) is 45.4 Å². The molecule has 0 heterocycles. The molecule has 0 spiro atoms. The number of ether oxygens (including phenoxy) is 3. The van der Waals surface area contributed by atoms with Crippen molar-refractivity contribution in [3.8, 4) is 17.2 Å². The second kappa shape index (κ2) is 14.5. The average molecular weight is 487 g/mol. The molecule has 5 heteroatoms. The summed E-state index contributed by atoms with van der Waals surface area (Å²) in [5, 5.41) is 0. The number of benzene rings is 3. The van der Waals surface area contributed by atoms with E-state index in [9.17, 15) is 9.59 Å². The summed E-state index contributed by atoms with van der Waals surface area (Å²) in [6.07, 6.45) is 10.5. The second-order valence-corrected chi connectivity index (χ2v) is 8.53. The third-order valence-electron chi connectivity index (χ3n) is 5.73. The highest BCUT2D eigenvalue weighted by molar-refractivity contribution is 6.06. The first-order valence-corrected chi connectivity index (χ1v) is 12.5. The standard InChI is InChI=1S/C31H34O5/c1-3-4-5-6-7-8-22-35-28-19-15-26(16-20-28)31(33)36-29-11-9-10-24(23-29)12-21-30(32)25-13-17-27(34-2)18-14-25/h9-21,23H,3-8,22H2,1-2H3/b21-12+. The molecule has 5 nitrogen and oxygen atoms in total. The number of hydrogen-bond donors (Lipinski definition) is 0. The van der Waals surface area contributed by atoms with Crippen LogP contribution in [0.1, 0.15) is 71.7 Å². The molecule has 0 aliphatic carbocycles. The lowest BCUT2D eigenvalue weighted by molar-refractivity contribution is 0.0734. The van der Waals surface area contributed by atoms with Crippen LogP contribution in [0.2, 0.25) is 0 Å². The lowest BCUT2D eigenvalue weighted by atomic mass is 10.1. The minimum atomic E-state index is -0.451. The predicted molar refractivity (Wildman–Crippen MR) is 143 cm³/mol. The molecule has 0 amide bonds. The number of ketones is 1. The molecule has 0 aromatic heterocycles. The van der Waals surface area contributed by atoms with Gasteiger partial charge in [-0.2, -0.15) is 0 Å². The van der Waals surface area contributed by atoms with E-state index in [1.54, 1.807) is 79.9 Å². The van der Waals surface area contributed by atoms with Gasteiger partial charge in [0.1, 0.15) is 17.2 Å². The molecule has 0 bridgehead atoms. The number of carbonyl (C=O) groups excluding carboxylic acids is 2. The first kappa shape index (κ1) is 26.7. The van der Waals surface area contributed by atoms with Crippen LogP contribution < -0.4 is 14.2 Å². The summed E-state index contributed by atoms with van der Waals surface area (Å²) >= 11 is 0. The van der Waals surface area contributed by atoms with Crippen molar-refractivity contribution >= 4 is 17.8 Å². The SMILES string of the molecule is CCCCCCCCOc1ccc(C(=O)Oc2cccc(/C=C/C(=O)c3ccc(OC)cc3)c2)cc1. The van der Waals surface area contributed by atoms with Gasteiger partial charge in [0.25, 0.3) is 0 Å². The Balaban J connectivity index is 1.49. The highest BCUT2D eigenvalue weighted by atomic mass is 16.5. The first-order valence-electron chi connectivity index (χ1n) is 12.5. The van der Waals surface area contributed by atoms with Gasteiger partial charge in [-0.15, -0.1) is 0 Å². The van der Waals surface area contributed by atoms with Crippen LogP contribution >= 0.6 is 0 Å². The first-order chi connectivity index (χ1) is 17.6. The third kappa shape index (κ3) is 8.73. The number of methoxy groups -OCH3 is 1. The lowest BCUT2D eigenvalue weighted by Crippen LogP contribution is -2.08. The molecule has 0 atom stereocenters. The van der Waals surface area contributed by atoms with Gasteiger partial charge in [-0.25, -0.2) is 4.79 Å². The van der Waals surface area contributed by atoms with Gasteiger partial charge in [0, 0.05) is 5.56 Å². The molecule has 0 radical (unpaired) electrons. The highest BCUT2D eigenvalue weighted by Crippen LogP contribution is 2.19. The molecule has 0 saturated heterocycles. The molecule has 0 unspecified atom stereocenters. The van der Waals surface area contributed by atoms with Crippen LogP contribution in [0.15, 0.2) is 78.9 Å². The molecular formula is C31H34O5. The zero-order chi connectivity index (χ0) is 25.6. The number of unbranched alkanes of at least 4 members (excludes halogenated alkanes) is 5. The van der Waals surface area contributed by atoms with E-state index in [4.69, 9.17) is 14.2 Å². The summed E-state index contributed by atoms with van der Waals surface area (Å²) in [7, 11) is 1.58. The molecule has 3 aromatic carbocycles. The van der Waals surface area contributed by atoms with Gasteiger partial charge in [0.2, 0.25) is 0 Å². The summed E-state index contributed by atoms with van der Waals surface area (Å²) in [5.74, 6) is 1.27. The van der Waals surface area contributed by atoms with E-state index in [0.717, 1.165) is 17.7 Å². The van der Waals surface area contributed by atoms with E-state index in [2.05, 4.69) is 6.92 Å². The summed E-state index contributed by atoms with van der Waals surface area (Å²) in [4.78, 5) is 25.0. The molecule has 0 saturated carbocycles. The van der Waals surface area contributed by atoms with E-state index >= 15 is 0 Å². The van der Waals surface area contributed by atoms with Crippen molar-refractivity contribution in [3.63, 3.8) is 0 Å². The Morgan fingerprint density at radius 2 is 1.42 bits per heavy atom. The van der Waals surface area contributed by atoms with E-state index in [1.807, 2.05) is 6.07 Å². The summed E-state index contributed by atoms with van der Waals surface area (Å²) < 4.78 is 16.4. The van der Waals surface area contributed by atoms with E-state index < -0.39 is 5.97 Å². The minimum absolute atomic E-state index is 0.126. The molecular weight excluding hydrogens is 452 g/mol. The molecule has 0 N–H and O–H groups in total. The van der Waals surface area contributed by atoms with Crippen LogP contribution in [0, 0.1) is 0 Å². The fourth-order valence-electron chi connectivity index (χ4n) is 3.63. The Hall–Kier alpha value is -3.86. The average Bonchev–Trinajstić information content (AvgIpc) is 2.92. The van der Waals surface area contributed by atoms with Crippen LogP contribution in [0.4, 0.5) is 0 Å².